The van der Waals surface area contributed by atoms with Crippen LogP contribution in [-0.4, -0.2) is 12.1 Å². The molecule has 0 aliphatic rings. The highest BCUT2D eigenvalue weighted by Crippen LogP contribution is 2.24. The Morgan fingerprint density at radius 1 is 1.58 bits per heavy atom. The lowest BCUT2D eigenvalue weighted by Crippen LogP contribution is -1.86. The second-order valence-electron chi connectivity index (χ2n) is 2.06. The van der Waals surface area contributed by atoms with Gasteiger partial charge in [-0.2, -0.15) is 4.33 Å². The van der Waals surface area contributed by atoms with Crippen molar-refractivity contribution < 1.29 is 9.22 Å². The Balaban J connectivity index is 2.75. The number of aromatic nitrogens is 1. The number of pyridine rings is 1. The lowest BCUT2D eigenvalue weighted by Gasteiger charge is -2.02. The zero-order chi connectivity index (χ0) is 8.97. The van der Waals surface area contributed by atoms with Crippen LogP contribution in [0.4, 0.5) is 0 Å². The highest BCUT2D eigenvalue weighted by molar-refractivity contribution is 9.10. The third-order valence-electron chi connectivity index (χ3n) is 1.20. The van der Waals surface area contributed by atoms with Gasteiger partial charge in [-0.1, -0.05) is 0 Å². The van der Waals surface area contributed by atoms with Crippen molar-refractivity contribution in [1.29, 1.82) is 0 Å². The van der Waals surface area contributed by atoms with Gasteiger partial charge < -0.3 is 0 Å². The number of nitrogens with zero attached hydrogens (tertiary/aromatic N) is 1. The van der Waals surface area contributed by atoms with Gasteiger partial charge in [0.15, 0.2) is 0 Å². The fourth-order valence-corrected chi connectivity index (χ4v) is 1.62. The summed E-state index contributed by atoms with van der Waals surface area (Å²) in [5.74, 6) is 0. The minimum absolute atomic E-state index is 0.917. The quantitative estimate of drug-likeness (QED) is 0.469. The van der Waals surface area contributed by atoms with Gasteiger partial charge in [-0.3, -0.25) is 4.98 Å². The van der Waals surface area contributed by atoms with Gasteiger partial charge in [0.1, 0.15) is 0 Å². The molecule has 0 aromatic carbocycles. The van der Waals surface area contributed by atoms with Crippen molar-refractivity contribution in [2.45, 2.75) is 11.8 Å². The van der Waals surface area contributed by atoms with Gasteiger partial charge in [-0.05, 0) is 28.9 Å². The Bertz CT molecular complexity index is 270. The molecule has 1 rings (SSSR count). The highest BCUT2D eigenvalue weighted by Gasteiger charge is 2.01. The molecule has 0 aliphatic carbocycles. The summed E-state index contributed by atoms with van der Waals surface area (Å²) in [5.41, 5.74) is 0.917. The molecule has 1 aromatic rings. The lowest BCUT2D eigenvalue weighted by atomic mass is 10.4. The third-order valence-corrected chi connectivity index (χ3v) is 2.43. The van der Waals surface area contributed by atoms with Crippen molar-refractivity contribution in [3.8, 4) is 0 Å². The fraction of sp³-hybridized carbons (Fsp3) is 0.286. The van der Waals surface area contributed by atoms with Crippen molar-refractivity contribution in [1.82, 2.24) is 4.98 Å². The van der Waals surface area contributed by atoms with E-state index in [1.54, 1.807) is 6.20 Å². The summed E-state index contributed by atoms with van der Waals surface area (Å²) in [6.07, 6.45) is 1.74. The third kappa shape index (κ3) is 2.75. The molecule has 0 N–H and O–H groups in total. The molecule has 0 amide bonds. The van der Waals surface area contributed by atoms with Crippen LogP contribution in [0.3, 0.4) is 0 Å². The van der Waals surface area contributed by atoms with E-state index in [2.05, 4.69) is 25.8 Å². The van der Waals surface area contributed by atoms with E-state index in [-0.39, 0.29) is 0 Å². The molecule has 66 valence electrons. The predicted octanol–water partition coefficient (Wildman–Crippen LogP) is 2.74. The van der Waals surface area contributed by atoms with Gasteiger partial charge in [0.2, 0.25) is 0 Å². The van der Waals surface area contributed by atoms with Crippen LogP contribution in [0.1, 0.15) is 5.69 Å². The van der Waals surface area contributed by atoms with E-state index in [0.717, 1.165) is 27.1 Å². The summed E-state index contributed by atoms with van der Waals surface area (Å²) in [5, 5.41) is 0. The minimum atomic E-state index is 0.917. The van der Waals surface area contributed by atoms with Crippen molar-refractivity contribution in [2.75, 3.05) is 7.11 Å². The second-order valence-corrected chi connectivity index (χ2v) is 3.71. The predicted molar refractivity (Wildman–Crippen MR) is 50.6 cm³/mol. The molecule has 0 aliphatic heterocycles. The molecule has 12 heavy (non-hydrogen) atoms. The van der Waals surface area contributed by atoms with Crippen LogP contribution < -0.4 is 0 Å². The molecular formula is C7H8BrNO2S. The van der Waals surface area contributed by atoms with E-state index in [1.807, 2.05) is 13.0 Å². The van der Waals surface area contributed by atoms with Crippen LogP contribution in [0.2, 0.25) is 0 Å². The number of hydrogen-bond donors (Lipinski definition) is 0. The molecule has 5 heteroatoms. The summed E-state index contributed by atoms with van der Waals surface area (Å²) in [4.78, 5) is 9.53. The van der Waals surface area contributed by atoms with Gasteiger partial charge in [0.25, 0.3) is 0 Å². The topological polar surface area (TPSA) is 31.4 Å². The minimum Gasteiger partial charge on any atom is -0.259 e. The molecule has 0 bridgehead atoms. The number of aryl methyl sites for hydroxylation is 1. The van der Waals surface area contributed by atoms with Crippen LogP contribution in [0.25, 0.3) is 0 Å². The molecule has 0 saturated heterocycles. The van der Waals surface area contributed by atoms with Gasteiger partial charge in [0.05, 0.1) is 29.7 Å². The number of hydrogen-bond acceptors (Lipinski definition) is 4. The Labute approximate surface area is 83.7 Å². The Morgan fingerprint density at radius 2 is 2.33 bits per heavy atom. The van der Waals surface area contributed by atoms with E-state index >= 15 is 0 Å². The maximum atomic E-state index is 4.71. The molecule has 0 unspecified atom stereocenters. The first-order valence-corrected chi connectivity index (χ1v) is 4.77. The van der Waals surface area contributed by atoms with Crippen LogP contribution >= 0.6 is 28.0 Å². The fourth-order valence-electron chi connectivity index (χ4n) is 0.644. The molecule has 0 fully saturated rings. The lowest BCUT2D eigenvalue weighted by molar-refractivity contribution is -0.160. The van der Waals surface area contributed by atoms with E-state index in [0.29, 0.717) is 0 Å². The van der Waals surface area contributed by atoms with Crippen LogP contribution in [-0.2, 0) is 9.22 Å². The smallest absolute Gasteiger partial charge is 0.0725 e. The Kier molecular flexibility index (Phi) is 4.00. The summed E-state index contributed by atoms with van der Waals surface area (Å²) in [6.45, 7) is 1.91. The Morgan fingerprint density at radius 3 is 3.00 bits per heavy atom. The summed E-state index contributed by atoms with van der Waals surface area (Å²) >= 11 is 4.46. The van der Waals surface area contributed by atoms with Gasteiger partial charge in [0, 0.05) is 10.7 Å². The first-order chi connectivity index (χ1) is 5.74. The highest BCUT2D eigenvalue weighted by atomic mass is 79.9. The molecule has 3 nitrogen and oxygen atoms in total. The van der Waals surface area contributed by atoms with E-state index in [4.69, 9.17) is 4.33 Å². The molecule has 0 radical (unpaired) electrons. The number of rotatable bonds is 3. The summed E-state index contributed by atoms with van der Waals surface area (Å²) in [7, 11) is 1.47. The second kappa shape index (κ2) is 4.81. The molecule has 0 saturated carbocycles. The van der Waals surface area contributed by atoms with Crippen LogP contribution in [0.5, 0.6) is 0 Å². The maximum absolute atomic E-state index is 4.71. The van der Waals surface area contributed by atoms with Crippen molar-refractivity contribution >= 4 is 28.0 Å². The average Bonchev–Trinajstić information content (AvgIpc) is 2.07. The average molecular weight is 250 g/mol. The van der Waals surface area contributed by atoms with Crippen molar-refractivity contribution in [3.05, 3.63) is 22.4 Å². The zero-order valence-electron chi connectivity index (χ0n) is 6.70. The number of halogens is 1. The van der Waals surface area contributed by atoms with Crippen LogP contribution in [0, 0.1) is 6.92 Å². The van der Waals surface area contributed by atoms with Crippen molar-refractivity contribution in [3.63, 3.8) is 0 Å². The summed E-state index contributed by atoms with van der Waals surface area (Å²) in [6, 6.07) is 1.92. The first kappa shape index (κ1) is 9.98. The molecular weight excluding hydrogens is 242 g/mol. The van der Waals surface area contributed by atoms with Gasteiger partial charge in [-0.15, -0.1) is 0 Å². The largest absolute Gasteiger partial charge is 0.259 e. The molecule has 1 aromatic heterocycles. The van der Waals surface area contributed by atoms with Crippen molar-refractivity contribution in [2.24, 2.45) is 0 Å². The zero-order valence-corrected chi connectivity index (χ0v) is 9.11. The molecule has 0 atom stereocenters. The van der Waals surface area contributed by atoms with Gasteiger partial charge in [-0.25, -0.2) is 4.89 Å². The maximum Gasteiger partial charge on any atom is 0.0725 e. The first-order valence-electron chi connectivity index (χ1n) is 3.23. The van der Waals surface area contributed by atoms with E-state index in [1.165, 1.54) is 7.11 Å². The van der Waals surface area contributed by atoms with E-state index < -0.39 is 0 Å². The molecule has 1 heterocycles. The van der Waals surface area contributed by atoms with Gasteiger partial charge >= 0.3 is 0 Å². The van der Waals surface area contributed by atoms with E-state index in [9.17, 15) is 0 Å². The molecule has 0 spiro atoms. The Hall–Kier alpha value is -0.100. The monoisotopic (exact) mass is 249 g/mol. The summed E-state index contributed by atoms with van der Waals surface area (Å²) < 4.78 is 5.64. The normalized spacial score (nSPS) is 10.2. The SMILES string of the molecule is COOSc1cc(Br)cnc1C. The van der Waals surface area contributed by atoms with Crippen LogP contribution in [0.15, 0.2) is 21.6 Å². The standard InChI is InChI=1S/C7H8BrNO2S/c1-5-7(12-11-10-2)3-6(8)4-9-5/h3-4H,1-2H3.